The highest BCUT2D eigenvalue weighted by Crippen LogP contribution is 2.04. The number of hydrogen-bond donors (Lipinski definition) is 4. The van der Waals surface area contributed by atoms with Crippen molar-refractivity contribution >= 4 is 17.8 Å². The first-order chi connectivity index (χ1) is 12.8. The van der Waals surface area contributed by atoms with Crippen molar-refractivity contribution < 1.29 is 29.7 Å². The van der Waals surface area contributed by atoms with Gasteiger partial charge in [0.05, 0.1) is 0 Å². The van der Waals surface area contributed by atoms with E-state index in [2.05, 4.69) is 5.32 Å². The molecule has 0 bridgehead atoms. The summed E-state index contributed by atoms with van der Waals surface area (Å²) < 4.78 is 0. The standard InChI is InChI=1S/C11H13NO3.C9H10O3/c1-8(13)12-10(11(14)15)7-9-5-3-2-4-6-9;10-8(9(11)12)6-7-4-2-1-3-5-7/h2-6,10H,7H2,1H3,(H,12,13)(H,14,15);1-5,8,10H,6H2,(H,11,12)/t10-;/m0./s1. The number of carboxylic acid groups (broad SMARTS) is 2. The van der Waals surface area contributed by atoms with E-state index in [9.17, 15) is 14.4 Å². The zero-order chi connectivity index (χ0) is 20.2. The third-order valence-electron chi connectivity index (χ3n) is 3.52. The maximum Gasteiger partial charge on any atom is 0.332 e. The smallest absolute Gasteiger partial charge is 0.332 e. The van der Waals surface area contributed by atoms with E-state index >= 15 is 0 Å². The van der Waals surface area contributed by atoms with Crippen molar-refractivity contribution in [1.29, 1.82) is 0 Å². The largest absolute Gasteiger partial charge is 0.480 e. The summed E-state index contributed by atoms with van der Waals surface area (Å²) in [6, 6.07) is 17.4. The number of rotatable bonds is 7. The van der Waals surface area contributed by atoms with Crippen molar-refractivity contribution in [2.45, 2.75) is 31.9 Å². The first kappa shape index (κ1) is 21.9. The highest BCUT2D eigenvalue weighted by atomic mass is 16.4. The summed E-state index contributed by atoms with van der Waals surface area (Å²) in [6.45, 7) is 1.31. The number of amides is 1. The maximum atomic E-state index is 10.8. The summed E-state index contributed by atoms with van der Waals surface area (Å²) in [5.41, 5.74) is 1.71. The minimum Gasteiger partial charge on any atom is -0.480 e. The van der Waals surface area contributed by atoms with Crippen LogP contribution in [0.1, 0.15) is 18.1 Å². The van der Waals surface area contributed by atoms with Gasteiger partial charge < -0.3 is 20.6 Å². The molecule has 1 unspecified atom stereocenters. The fourth-order valence-electron chi connectivity index (χ4n) is 2.22. The molecule has 7 nitrogen and oxygen atoms in total. The first-order valence-electron chi connectivity index (χ1n) is 8.28. The normalized spacial score (nSPS) is 12.1. The predicted octanol–water partition coefficient (Wildman–Crippen LogP) is 1.49. The van der Waals surface area contributed by atoms with Gasteiger partial charge in [0.25, 0.3) is 0 Å². The number of aliphatic carboxylic acids is 2. The van der Waals surface area contributed by atoms with E-state index < -0.39 is 24.1 Å². The van der Waals surface area contributed by atoms with Crippen molar-refractivity contribution in [1.82, 2.24) is 5.32 Å². The number of aliphatic hydroxyl groups excluding tert-OH is 1. The Hall–Kier alpha value is -3.19. The van der Waals surface area contributed by atoms with E-state index in [4.69, 9.17) is 15.3 Å². The van der Waals surface area contributed by atoms with Crippen LogP contribution in [0.5, 0.6) is 0 Å². The number of nitrogens with one attached hydrogen (secondary N) is 1. The number of carboxylic acids is 2. The lowest BCUT2D eigenvalue weighted by molar-refractivity contribution is -0.146. The van der Waals surface area contributed by atoms with Crippen LogP contribution in [0, 0.1) is 0 Å². The van der Waals surface area contributed by atoms with Gasteiger partial charge in [-0.05, 0) is 11.1 Å². The predicted molar refractivity (Wildman–Crippen MR) is 99.2 cm³/mol. The molecule has 0 spiro atoms. The van der Waals surface area contributed by atoms with Crippen LogP contribution in [-0.4, -0.2) is 45.3 Å². The van der Waals surface area contributed by atoms with E-state index in [1.165, 1.54) is 6.92 Å². The monoisotopic (exact) mass is 373 g/mol. The van der Waals surface area contributed by atoms with Crippen LogP contribution in [-0.2, 0) is 27.2 Å². The lowest BCUT2D eigenvalue weighted by Gasteiger charge is -2.12. The van der Waals surface area contributed by atoms with Crippen molar-refractivity contribution in [3.05, 3.63) is 71.8 Å². The van der Waals surface area contributed by atoms with Crippen LogP contribution >= 0.6 is 0 Å². The minimum absolute atomic E-state index is 0.163. The fourth-order valence-corrected chi connectivity index (χ4v) is 2.22. The van der Waals surface area contributed by atoms with Gasteiger partial charge in [0.1, 0.15) is 6.04 Å². The molecule has 27 heavy (non-hydrogen) atoms. The molecule has 0 aliphatic heterocycles. The van der Waals surface area contributed by atoms with Gasteiger partial charge in [0.2, 0.25) is 5.91 Å². The molecular formula is C20H23NO6. The summed E-state index contributed by atoms with van der Waals surface area (Å²) in [5.74, 6) is -2.54. The van der Waals surface area contributed by atoms with E-state index in [0.717, 1.165) is 11.1 Å². The van der Waals surface area contributed by atoms with Crippen LogP contribution in [0.15, 0.2) is 60.7 Å². The van der Waals surface area contributed by atoms with Crippen molar-refractivity contribution in [2.75, 3.05) is 0 Å². The summed E-state index contributed by atoms with van der Waals surface area (Å²) in [4.78, 5) is 31.9. The Bertz CT molecular complexity index is 733. The van der Waals surface area contributed by atoms with Crippen LogP contribution < -0.4 is 5.32 Å². The number of aliphatic hydroxyl groups is 1. The number of benzene rings is 2. The maximum absolute atomic E-state index is 10.8. The number of carbonyl (C=O) groups excluding carboxylic acids is 1. The zero-order valence-electron chi connectivity index (χ0n) is 14.9. The third-order valence-corrected chi connectivity index (χ3v) is 3.52. The zero-order valence-corrected chi connectivity index (χ0v) is 14.9. The quantitative estimate of drug-likeness (QED) is 0.583. The van der Waals surface area contributed by atoms with E-state index in [-0.39, 0.29) is 12.3 Å². The van der Waals surface area contributed by atoms with E-state index in [1.54, 1.807) is 12.1 Å². The fraction of sp³-hybridized carbons (Fsp3) is 0.250. The highest BCUT2D eigenvalue weighted by molar-refractivity contribution is 5.82. The first-order valence-corrected chi connectivity index (χ1v) is 8.28. The van der Waals surface area contributed by atoms with Gasteiger partial charge in [0.15, 0.2) is 6.10 Å². The Morgan fingerprint density at radius 2 is 1.26 bits per heavy atom. The van der Waals surface area contributed by atoms with E-state index in [1.807, 2.05) is 48.5 Å². The lowest BCUT2D eigenvalue weighted by atomic mass is 10.1. The summed E-state index contributed by atoms with van der Waals surface area (Å²) in [6.07, 6.45) is -0.834. The summed E-state index contributed by atoms with van der Waals surface area (Å²) in [7, 11) is 0. The Kier molecular flexibility index (Phi) is 9.25. The molecule has 2 atom stereocenters. The van der Waals surface area contributed by atoms with Crippen LogP contribution in [0.2, 0.25) is 0 Å². The molecule has 144 valence electrons. The molecule has 0 heterocycles. The molecule has 7 heteroatoms. The van der Waals surface area contributed by atoms with Gasteiger partial charge in [-0.3, -0.25) is 4.79 Å². The van der Waals surface area contributed by atoms with Crippen LogP contribution in [0.4, 0.5) is 0 Å². The van der Waals surface area contributed by atoms with Gasteiger partial charge in [-0.2, -0.15) is 0 Å². The van der Waals surface area contributed by atoms with Gasteiger partial charge >= 0.3 is 11.9 Å². The molecule has 0 aromatic heterocycles. The molecular weight excluding hydrogens is 350 g/mol. The molecule has 0 radical (unpaired) electrons. The molecule has 4 N–H and O–H groups in total. The second-order valence-corrected chi connectivity index (χ2v) is 5.82. The van der Waals surface area contributed by atoms with Gasteiger partial charge in [-0.1, -0.05) is 60.7 Å². The average molecular weight is 373 g/mol. The Balaban J connectivity index is 0.000000277. The molecule has 0 aliphatic rings. The molecule has 1 amide bonds. The van der Waals surface area contributed by atoms with Crippen molar-refractivity contribution in [3.8, 4) is 0 Å². The number of hydrogen-bond acceptors (Lipinski definition) is 4. The molecule has 0 saturated carbocycles. The van der Waals surface area contributed by atoms with Gasteiger partial charge in [0, 0.05) is 19.8 Å². The molecule has 2 aromatic carbocycles. The number of carbonyl (C=O) groups is 3. The summed E-state index contributed by atoms with van der Waals surface area (Å²) in [5, 5.41) is 28.6. The van der Waals surface area contributed by atoms with Gasteiger partial charge in [-0.15, -0.1) is 0 Å². The van der Waals surface area contributed by atoms with Crippen LogP contribution in [0.3, 0.4) is 0 Å². The Morgan fingerprint density at radius 3 is 1.63 bits per heavy atom. The highest BCUT2D eigenvalue weighted by Gasteiger charge is 2.18. The summed E-state index contributed by atoms with van der Waals surface area (Å²) >= 11 is 0. The Labute approximate surface area is 157 Å². The molecule has 2 rings (SSSR count). The average Bonchev–Trinajstić information content (AvgIpc) is 2.63. The topological polar surface area (TPSA) is 124 Å². The third kappa shape index (κ3) is 9.18. The Morgan fingerprint density at radius 1 is 0.815 bits per heavy atom. The second kappa shape index (κ2) is 11.4. The van der Waals surface area contributed by atoms with E-state index in [0.29, 0.717) is 6.42 Å². The van der Waals surface area contributed by atoms with Crippen LogP contribution in [0.25, 0.3) is 0 Å². The molecule has 0 saturated heterocycles. The molecule has 0 aliphatic carbocycles. The van der Waals surface area contributed by atoms with Crippen molar-refractivity contribution in [2.24, 2.45) is 0 Å². The second-order valence-electron chi connectivity index (χ2n) is 5.82. The lowest BCUT2D eigenvalue weighted by Crippen LogP contribution is -2.41. The molecule has 2 aromatic rings. The minimum atomic E-state index is -1.30. The van der Waals surface area contributed by atoms with Gasteiger partial charge in [-0.25, -0.2) is 9.59 Å². The van der Waals surface area contributed by atoms with Crippen molar-refractivity contribution in [3.63, 3.8) is 0 Å². The SMILES string of the molecule is CC(=O)N[C@@H](Cc1ccccc1)C(=O)O.O=C(O)C(O)Cc1ccccc1. The molecule has 0 fully saturated rings.